The lowest BCUT2D eigenvalue weighted by Crippen LogP contribution is -2.26. The molecule has 8 nitrogen and oxygen atoms in total. The van der Waals surface area contributed by atoms with Crippen LogP contribution in [-0.2, 0) is 26.7 Å². The molecule has 0 aliphatic heterocycles. The van der Waals surface area contributed by atoms with E-state index in [9.17, 15) is 14.7 Å². The minimum Gasteiger partial charge on any atom is -0.490 e. The van der Waals surface area contributed by atoms with Gasteiger partial charge in [-0.2, -0.15) is 4.68 Å². The lowest BCUT2D eigenvalue weighted by Gasteiger charge is -2.22. The first-order valence-electron chi connectivity index (χ1n) is 13.0. The second kappa shape index (κ2) is 12.5. The zero-order chi connectivity index (χ0) is 27.9. The third kappa shape index (κ3) is 6.80. The summed E-state index contributed by atoms with van der Waals surface area (Å²) in [6.07, 6.45) is 1.24. The molecule has 0 aliphatic rings. The van der Waals surface area contributed by atoms with E-state index in [-0.39, 0.29) is 23.1 Å². The summed E-state index contributed by atoms with van der Waals surface area (Å²) >= 11 is 0. The van der Waals surface area contributed by atoms with Crippen LogP contribution in [0.25, 0.3) is 5.69 Å². The van der Waals surface area contributed by atoms with E-state index in [1.165, 1.54) is 10.6 Å². The van der Waals surface area contributed by atoms with Gasteiger partial charge in [-0.05, 0) is 30.5 Å². The number of ether oxygens (including phenoxy) is 1. The molecule has 0 bridgehead atoms. The largest absolute Gasteiger partial charge is 0.490 e. The third-order valence-electron chi connectivity index (χ3n) is 6.46. The highest BCUT2D eigenvalue weighted by molar-refractivity contribution is 5.91. The number of carbonyl (C=O) groups is 1. The minimum absolute atomic E-state index is 0.00580. The molecule has 0 radical (unpaired) electrons. The molecule has 0 fully saturated rings. The van der Waals surface area contributed by atoms with Gasteiger partial charge >= 0.3 is 11.7 Å². The Balaban J connectivity index is 1.69. The monoisotopic (exact) mass is 532 g/mol. The van der Waals surface area contributed by atoms with Gasteiger partial charge in [-0.1, -0.05) is 74.0 Å². The molecule has 0 unspecified atom stereocenters. The van der Waals surface area contributed by atoms with Crippen LogP contribution in [0.5, 0.6) is 5.75 Å². The number of carboxylic acid groups (broad SMARTS) is 1. The van der Waals surface area contributed by atoms with E-state index in [4.69, 9.17) is 4.74 Å². The Kier molecular flexibility index (Phi) is 8.93. The number of rotatable bonds is 12. The van der Waals surface area contributed by atoms with Crippen molar-refractivity contribution in [2.24, 2.45) is 7.05 Å². The molecule has 0 saturated heterocycles. The van der Waals surface area contributed by atoms with Gasteiger partial charge in [0.1, 0.15) is 28.6 Å². The van der Waals surface area contributed by atoms with Crippen molar-refractivity contribution in [1.29, 1.82) is 0 Å². The lowest BCUT2D eigenvalue weighted by molar-refractivity contribution is 0.0688. The Hall–Kier alpha value is -4.24. The fraction of sp³-hybridized carbons (Fsp3) is 0.300. The average molecular weight is 533 g/mol. The summed E-state index contributed by atoms with van der Waals surface area (Å²) in [4.78, 5) is 27.1. The number of carboxylic acids is 1. The van der Waals surface area contributed by atoms with Crippen LogP contribution in [-0.4, -0.2) is 36.4 Å². The SMILES string of the molecule is CCC[C@H](C)Oc1cc(-n2nc(CN(Cc3ccccc3)Cc3ccccc3)n(C)c2=O)c(F)cc1C(=O)O. The van der Waals surface area contributed by atoms with Crippen molar-refractivity contribution < 1.29 is 19.0 Å². The molecule has 4 rings (SSSR count). The second-order valence-electron chi connectivity index (χ2n) is 9.61. The smallest absolute Gasteiger partial charge is 0.350 e. The van der Waals surface area contributed by atoms with Crippen LogP contribution in [0.15, 0.2) is 77.6 Å². The van der Waals surface area contributed by atoms with Gasteiger partial charge in [0.05, 0.1) is 12.6 Å². The Morgan fingerprint density at radius 1 is 1.03 bits per heavy atom. The molecule has 1 N–H and O–H groups in total. The van der Waals surface area contributed by atoms with E-state index in [0.717, 1.165) is 28.3 Å². The molecule has 204 valence electrons. The summed E-state index contributed by atoms with van der Waals surface area (Å²) in [6.45, 7) is 5.37. The molecule has 1 heterocycles. The molecule has 0 aliphatic carbocycles. The summed E-state index contributed by atoms with van der Waals surface area (Å²) in [5.74, 6) is -1.75. The molecule has 39 heavy (non-hydrogen) atoms. The Morgan fingerprint density at radius 3 is 2.15 bits per heavy atom. The minimum atomic E-state index is -1.31. The topological polar surface area (TPSA) is 89.6 Å². The number of aromatic nitrogens is 3. The van der Waals surface area contributed by atoms with Crippen molar-refractivity contribution in [1.82, 2.24) is 19.2 Å². The molecule has 0 amide bonds. The zero-order valence-electron chi connectivity index (χ0n) is 22.4. The van der Waals surface area contributed by atoms with Crippen molar-refractivity contribution in [3.63, 3.8) is 0 Å². The van der Waals surface area contributed by atoms with Gasteiger partial charge in [0, 0.05) is 26.2 Å². The molecular formula is C30H33FN4O4. The summed E-state index contributed by atoms with van der Waals surface area (Å²) in [7, 11) is 1.59. The van der Waals surface area contributed by atoms with Gasteiger partial charge in [-0.15, -0.1) is 5.10 Å². The second-order valence-corrected chi connectivity index (χ2v) is 9.61. The maximum absolute atomic E-state index is 15.2. The molecule has 0 spiro atoms. The Morgan fingerprint density at radius 2 is 1.62 bits per heavy atom. The summed E-state index contributed by atoms with van der Waals surface area (Å²) in [5, 5.41) is 14.1. The number of halogens is 1. The van der Waals surface area contributed by atoms with E-state index >= 15 is 4.39 Å². The van der Waals surface area contributed by atoms with Gasteiger partial charge in [-0.3, -0.25) is 9.47 Å². The van der Waals surface area contributed by atoms with Crippen molar-refractivity contribution in [3.8, 4) is 11.4 Å². The number of benzene rings is 3. The third-order valence-corrected chi connectivity index (χ3v) is 6.46. The van der Waals surface area contributed by atoms with E-state index in [1.807, 2.05) is 74.5 Å². The molecule has 3 aromatic carbocycles. The number of hydrogen-bond donors (Lipinski definition) is 1. The number of hydrogen-bond acceptors (Lipinski definition) is 5. The molecule has 1 atom stereocenters. The fourth-order valence-electron chi connectivity index (χ4n) is 4.48. The van der Waals surface area contributed by atoms with Crippen molar-refractivity contribution >= 4 is 5.97 Å². The van der Waals surface area contributed by atoms with Crippen LogP contribution < -0.4 is 10.4 Å². The Bertz CT molecular complexity index is 1430. The number of nitrogens with zero attached hydrogens (tertiary/aromatic N) is 4. The highest BCUT2D eigenvalue weighted by atomic mass is 19.1. The molecule has 0 saturated carbocycles. The molecule has 4 aromatic rings. The average Bonchev–Trinajstić information content (AvgIpc) is 3.19. The van der Waals surface area contributed by atoms with E-state index in [0.29, 0.717) is 31.9 Å². The standard InChI is InChI=1S/C30H33FN4O4/c1-4-11-21(2)39-27-17-26(25(31)16-24(27)29(36)37)35-30(38)33(3)28(32-35)20-34(18-22-12-7-5-8-13-22)19-23-14-9-6-10-15-23/h5-10,12-17,21H,4,11,18-20H2,1-3H3,(H,36,37)/t21-/m0/s1. The Labute approximate surface area is 226 Å². The van der Waals surface area contributed by atoms with Gasteiger partial charge in [0.15, 0.2) is 0 Å². The zero-order valence-corrected chi connectivity index (χ0v) is 22.4. The molecular weight excluding hydrogens is 499 g/mol. The van der Waals surface area contributed by atoms with Crippen molar-refractivity contribution in [3.05, 3.63) is 112 Å². The first-order valence-corrected chi connectivity index (χ1v) is 13.0. The van der Waals surface area contributed by atoms with Crippen molar-refractivity contribution in [2.75, 3.05) is 0 Å². The number of aromatic carboxylic acids is 1. The first-order chi connectivity index (χ1) is 18.8. The molecule has 1 aromatic heterocycles. The first kappa shape index (κ1) is 27.8. The van der Waals surface area contributed by atoms with Gasteiger partial charge in [0.25, 0.3) is 0 Å². The normalized spacial score (nSPS) is 12.0. The molecule has 9 heteroatoms. The highest BCUT2D eigenvalue weighted by Crippen LogP contribution is 2.27. The van der Waals surface area contributed by atoms with Gasteiger partial charge in [0.2, 0.25) is 0 Å². The van der Waals surface area contributed by atoms with Crippen LogP contribution in [0.1, 0.15) is 54.0 Å². The summed E-state index contributed by atoms with van der Waals surface area (Å²) < 4.78 is 23.4. The van der Waals surface area contributed by atoms with Crippen LogP contribution in [0, 0.1) is 5.82 Å². The quantitative estimate of drug-likeness (QED) is 0.271. The van der Waals surface area contributed by atoms with Crippen molar-refractivity contribution in [2.45, 2.75) is 52.4 Å². The predicted molar refractivity (Wildman–Crippen MR) is 147 cm³/mol. The van der Waals surface area contributed by atoms with Gasteiger partial charge < -0.3 is 9.84 Å². The van der Waals surface area contributed by atoms with Crippen LogP contribution >= 0.6 is 0 Å². The van der Waals surface area contributed by atoms with Crippen LogP contribution in [0.3, 0.4) is 0 Å². The van der Waals surface area contributed by atoms with E-state index in [2.05, 4.69) is 10.00 Å². The summed E-state index contributed by atoms with van der Waals surface area (Å²) in [6, 6.07) is 22.1. The maximum Gasteiger partial charge on any atom is 0.350 e. The maximum atomic E-state index is 15.2. The van der Waals surface area contributed by atoms with E-state index < -0.39 is 17.5 Å². The fourth-order valence-corrected chi connectivity index (χ4v) is 4.48. The van der Waals surface area contributed by atoms with Crippen LogP contribution in [0.4, 0.5) is 4.39 Å². The van der Waals surface area contributed by atoms with Crippen LogP contribution in [0.2, 0.25) is 0 Å². The highest BCUT2D eigenvalue weighted by Gasteiger charge is 2.23. The van der Waals surface area contributed by atoms with Gasteiger partial charge in [-0.25, -0.2) is 14.0 Å². The lowest BCUT2D eigenvalue weighted by atomic mass is 10.1. The predicted octanol–water partition coefficient (Wildman–Crippen LogP) is 5.18. The van der Waals surface area contributed by atoms with E-state index in [1.54, 1.807) is 7.05 Å². The summed E-state index contributed by atoms with van der Waals surface area (Å²) in [5.41, 5.74) is 1.20.